The molecule has 0 saturated carbocycles. The molecule has 0 bridgehead atoms. The molecule has 0 aliphatic rings. The fourth-order valence-electron chi connectivity index (χ4n) is 1.01. The minimum Gasteiger partial charge on any atom is -0.303 e. The number of rotatable bonds is 3. The largest absolute Gasteiger partial charge is 0.303 e. The third-order valence-corrected chi connectivity index (χ3v) is 2.36. The Kier molecular flexibility index (Phi) is 3.76. The molecule has 0 unspecified atom stereocenters. The Bertz CT molecular complexity index is 286. The van der Waals surface area contributed by atoms with Crippen molar-refractivity contribution in [2.45, 2.75) is 11.8 Å². The quantitative estimate of drug-likeness (QED) is 0.593. The first-order valence-corrected chi connectivity index (χ1v) is 5.04. The van der Waals surface area contributed by atoms with E-state index in [0.717, 1.165) is 22.7 Å². The van der Waals surface area contributed by atoms with E-state index in [0.29, 0.717) is 11.4 Å². The lowest BCUT2D eigenvalue weighted by Gasteiger charge is -2.00. The van der Waals surface area contributed by atoms with E-state index in [1.165, 1.54) is 0 Å². The fraction of sp³-hybridized carbons (Fsp3) is 0.222. The highest BCUT2D eigenvalue weighted by Gasteiger charge is 1.97. The molecule has 0 atom stereocenters. The predicted octanol–water partition coefficient (Wildman–Crippen LogP) is 2.98. The summed E-state index contributed by atoms with van der Waals surface area (Å²) in [5, 5.41) is 1.45. The van der Waals surface area contributed by atoms with E-state index in [2.05, 4.69) is 15.9 Å². The van der Waals surface area contributed by atoms with Crippen LogP contribution in [-0.2, 0) is 16.5 Å². The second kappa shape index (κ2) is 4.63. The van der Waals surface area contributed by atoms with Gasteiger partial charge in [0.25, 0.3) is 0 Å². The summed E-state index contributed by atoms with van der Waals surface area (Å²) in [5.41, 5.74) is 2.06. The number of carbonyl (C=O) groups is 1. The SMILES string of the molecule is O=CCc1cc(Cl)cc(CBr)c1. The molecule has 0 aromatic heterocycles. The lowest BCUT2D eigenvalue weighted by Crippen LogP contribution is -1.88. The minimum absolute atomic E-state index is 0.431. The summed E-state index contributed by atoms with van der Waals surface area (Å²) >= 11 is 9.16. The summed E-state index contributed by atoms with van der Waals surface area (Å²) in [4.78, 5) is 10.2. The molecule has 0 heterocycles. The second-order valence-electron chi connectivity index (χ2n) is 2.47. The number of carbonyl (C=O) groups excluding carboxylic acids is 1. The van der Waals surface area contributed by atoms with Gasteiger partial charge < -0.3 is 4.79 Å². The van der Waals surface area contributed by atoms with Crippen LogP contribution in [0.2, 0.25) is 5.02 Å². The molecule has 0 aliphatic carbocycles. The summed E-state index contributed by atoms with van der Waals surface area (Å²) in [5.74, 6) is 0. The standard InChI is InChI=1S/C9H8BrClO/c10-6-8-3-7(1-2-12)4-9(11)5-8/h2-5H,1,6H2. The maximum absolute atomic E-state index is 10.2. The molecule has 0 spiro atoms. The van der Waals surface area contributed by atoms with Gasteiger partial charge in [0.2, 0.25) is 0 Å². The van der Waals surface area contributed by atoms with Gasteiger partial charge in [-0.15, -0.1) is 0 Å². The van der Waals surface area contributed by atoms with Crippen LogP contribution in [0.1, 0.15) is 11.1 Å². The first kappa shape index (κ1) is 9.75. The van der Waals surface area contributed by atoms with Gasteiger partial charge in [0.15, 0.2) is 0 Å². The fourth-order valence-corrected chi connectivity index (χ4v) is 1.61. The van der Waals surface area contributed by atoms with Crippen molar-refractivity contribution in [3.05, 3.63) is 34.3 Å². The van der Waals surface area contributed by atoms with Crippen LogP contribution in [0.4, 0.5) is 0 Å². The summed E-state index contributed by atoms with van der Waals surface area (Å²) < 4.78 is 0. The molecule has 0 aliphatic heterocycles. The second-order valence-corrected chi connectivity index (χ2v) is 3.47. The first-order chi connectivity index (χ1) is 5.76. The third-order valence-electron chi connectivity index (χ3n) is 1.49. The molecule has 1 rings (SSSR count). The van der Waals surface area contributed by atoms with Crippen molar-refractivity contribution in [1.29, 1.82) is 0 Å². The Labute approximate surface area is 84.9 Å². The van der Waals surface area contributed by atoms with Gasteiger partial charge in [-0.3, -0.25) is 0 Å². The maximum atomic E-state index is 10.2. The van der Waals surface area contributed by atoms with Crippen LogP contribution < -0.4 is 0 Å². The molecular formula is C9H8BrClO. The van der Waals surface area contributed by atoms with Gasteiger partial charge in [-0.05, 0) is 23.3 Å². The maximum Gasteiger partial charge on any atom is 0.124 e. The van der Waals surface area contributed by atoms with Crippen molar-refractivity contribution in [2.24, 2.45) is 0 Å². The molecule has 3 heteroatoms. The predicted molar refractivity (Wildman–Crippen MR) is 53.9 cm³/mol. The van der Waals surface area contributed by atoms with Crippen molar-refractivity contribution >= 4 is 33.8 Å². The first-order valence-electron chi connectivity index (χ1n) is 3.54. The van der Waals surface area contributed by atoms with Crippen molar-refractivity contribution in [1.82, 2.24) is 0 Å². The molecule has 0 radical (unpaired) electrons. The van der Waals surface area contributed by atoms with E-state index in [4.69, 9.17) is 11.6 Å². The molecule has 64 valence electrons. The van der Waals surface area contributed by atoms with Gasteiger partial charge in [-0.1, -0.05) is 33.6 Å². The van der Waals surface area contributed by atoms with E-state index in [1.54, 1.807) is 0 Å². The van der Waals surface area contributed by atoms with Crippen molar-refractivity contribution in [3.63, 3.8) is 0 Å². The molecule has 12 heavy (non-hydrogen) atoms. The van der Waals surface area contributed by atoms with Crippen LogP contribution in [0.3, 0.4) is 0 Å². The van der Waals surface area contributed by atoms with Gasteiger partial charge in [0.05, 0.1) is 0 Å². The van der Waals surface area contributed by atoms with Crippen LogP contribution in [0, 0.1) is 0 Å². The molecule has 1 aromatic carbocycles. The number of hydrogen-bond acceptors (Lipinski definition) is 1. The van der Waals surface area contributed by atoms with Crippen LogP contribution >= 0.6 is 27.5 Å². The van der Waals surface area contributed by atoms with Gasteiger partial charge in [0, 0.05) is 16.8 Å². The Balaban J connectivity index is 2.97. The normalized spacial score (nSPS) is 9.83. The van der Waals surface area contributed by atoms with Crippen LogP contribution in [0.15, 0.2) is 18.2 Å². The molecule has 1 aromatic rings. The third kappa shape index (κ3) is 2.61. The van der Waals surface area contributed by atoms with Crippen molar-refractivity contribution in [3.8, 4) is 0 Å². The van der Waals surface area contributed by atoms with Gasteiger partial charge in [-0.2, -0.15) is 0 Å². The molecule has 0 amide bonds. The van der Waals surface area contributed by atoms with Gasteiger partial charge in [-0.25, -0.2) is 0 Å². The molecule has 0 saturated heterocycles. The molecule has 1 nitrogen and oxygen atoms in total. The number of aldehydes is 1. The van der Waals surface area contributed by atoms with E-state index in [-0.39, 0.29) is 0 Å². The molecular weight excluding hydrogens is 239 g/mol. The molecule has 0 N–H and O–H groups in total. The summed E-state index contributed by atoms with van der Waals surface area (Å²) in [6.45, 7) is 0. The Morgan fingerprint density at radius 3 is 2.58 bits per heavy atom. The highest BCUT2D eigenvalue weighted by atomic mass is 79.9. The lowest BCUT2D eigenvalue weighted by molar-refractivity contribution is -0.107. The van der Waals surface area contributed by atoms with E-state index >= 15 is 0 Å². The topological polar surface area (TPSA) is 17.1 Å². The van der Waals surface area contributed by atoms with Crippen LogP contribution in [0.5, 0.6) is 0 Å². The average Bonchev–Trinajstić information content (AvgIpc) is 2.04. The van der Waals surface area contributed by atoms with Gasteiger partial charge in [0.1, 0.15) is 6.29 Å². The monoisotopic (exact) mass is 246 g/mol. The van der Waals surface area contributed by atoms with E-state index in [1.807, 2.05) is 18.2 Å². The number of halogens is 2. The average molecular weight is 248 g/mol. The number of benzene rings is 1. The Morgan fingerprint density at radius 1 is 1.33 bits per heavy atom. The summed E-state index contributed by atoms with van der Waals surface area (Å²) in [6.07, 6.45) is 1.31. The smallest absolute Gasteiger partial charge is 0.124 e. The Morgan fingerprint density at radius 2 is 2.00 bits per heavy atom. The Hall–Kier alpha value is -0.340. The van der Waals surface area contributed by atoms with Gasteiger partial charge >= 0.3 is 0 Å². The van der Waals surface area contributed by atoms with E-state index < -0.39 is 0 Å². The summed E-state index contributed by atoms with van der Waals surface area (Å²) in [6, 6.07) is 5.65. The zero-order valence-electron chi connectivity index (χ0n) is 6.39. The van der Waals surface area contributed by atoms with E-state index in [9.17, 15) is 4.79 Å². The molecule has 0 fully saturated rings. The highest BCUT2D eigenvalue weighted by Crippen LogP contribution is 2.17. The lowest BCUT2D eigenvalue weighted by atomic mass is 10.1. The minimum atomic E-state index is 0.431. The zero-order chi connectivity index (χ0) is 8.97. The van der Waals surface area contributed by atoms with Crippen molar-refractivity contribution in [2.75, 3.05) is 0 Å². The summed E-state index contributed by atoms with van der Waals surface area (Å²) in [7, 11) is 0. The number of alkyl halides is 1. The van der Waals surface area contributed by atoms with Crippen LogP contribution in [0.25, 0.3) is 0 Å². The number of hydrogen-bond donors (Lipinski definition) is 0. The van der Waals surface area contributed by atoms with Crippen molar-refractivity contribution < 1.29 is 4.79 Å². The zero-order valence-corrected chi connectivity index (χ0v) is 8.73. The highest BCUT2D eigenvalue weighted by molar-refractivity contribution is 9.08. The van der Waals surface area contributed by atoms with Crippen LogP contribution in [-0.4, -0.2) is 6.29 Å².